The Morgan fingerprint density at radius 3 is 1.88 bits per heavy atom. The molecule has 0 saturated heterocycles. The van der Waals surface area contributed by atoms with Crippen LogP contribution in [-0.2, 0) is 10.0 Å². The van der Waals surface area contributed by atoms with Crippen LogP contribution in [0.5, 0.6) is 0 Å². The second-order valence-electron chi connectivity index (χ2n) is 6.48. The number of sulfonamides is 1. The summed E-state index contributed by atoms with van der Waals surface area (Å²) in [6, 6.07) is 0. The highest BCUT2D eigenvalue weighted by atomic mass is 32.2. The van der Waals surface area contributed by atoms with Crippen LogP contribution in [-0.4, -0.2) is 18.2 Å². The Hall–Kier alpha value is 0.350. The molecule has 3 nitrogen and oxygen atoms in total. The Balaban J connectivity index is 3.48. The molecule has 0 radical (unpaired) electrons. The molecule has 1 aliphatic rings. The molecule has 1 heterocycles. The molecule has 2 unspecified atom stereocenters. The van der Waals surface area contributed by atoms with Crippen molar-refractivity contribution in [3.8, 4) is 0 Å². The Morgan fingerprint density at radius 2 is 1.59 bits per heavy atom. The first-order valence-electron chi connectivity index (χ1n) is 5.64. The van der Waals surface area contributed by atoms with E-state index in [1.165, 1.54) is 0 Å². The number of allylic oxidation sites excluding steroid dienone is 1. The van der Waals surface area contributed by atoms with Gasteiger partial charge >= 0.3 is 0 Å². The summed E-state index contributed by atoms with van der Waals surface area (Å²) in [5.74, 6) is 0.171. The van der Waals surface area contributed by atoms with Gasteiger partial charge in [-0.2, -0.15) is 0 Å². The minimum Gasteiger partial charge on any atom is -0.252 e. The second-order valence-corrected chi connectivity index (χ2v) is 10.1. The maximum atomic E-state index is 12.2. The summed E-state index contributed by atoms with van der Waals surface area (Å²) in [6.45, 7) is 12.5. The molecule has 0 aromatic carbocycles. The average molecular weight is 295 g/mol. The smallest absolute Gasteiger partial charge is 0.241 e. The van der Waals surface area contributed by atoms with Gasteiger partial charge in [-0.15, -0.1) is 0 Å². The maximum absolute atomic E-state index is 12.2. The predicted octanol–water partition coefficient (Wildman–Crippen LogP) is 3.36. The molecule has 100 valence electrons. The molecule has 0 amide bonds. The third kappa shape index (κ3) is 3.03. The predicted molar refractivity (Wildman–Crippen MR) is 79.6 cm³/mol. The van der Waals surface area contributed by atoms with Crippen molar-refractivity contribution in [2.24, 2.45) is 10.8 Å². The van der Waals surface area contributed by atoms with Gasteiger partial charge in [0.25, 0.3) is 0 Å². The van der Waals surface area contributed by atoms with E-state index in [9.17, 15) is 8.42 Å². The summed E-state index contributed by atoms with van der Waals surface area (Å²) in [5, 5.41) is 0. The van der Waals surface area contributed by atoms with Crippen LogP contribution in [0.3, 0.4) is 0 Å². The highest BCUT2D eigenvalue weighted by Crippen LogP contribution is 2.51. The van der Waals surface area contributed by atoms with Crippen molar-refractivity contribution >= 4 is 27.4 Å². The van der Waals surface area contributed by atoms with Crippen molar-refractivity contribution in [2.75, 3.05) is 5.75 Å². The SMILES string of the molecule is CC(C)(C)C1=C(C(C)(C)C)N(PP)S(=O)(=O)C1. The van der Waals surface area contributed by atoms with Gasteiger partial charge in [0.05, 0.1) is 5.75 Å². The van der Waals surface area contributed by atoms with Crippen molar-refractivity contribution in [3.63, 3.8) is 0 Å². The third-order valence-corrected chi connectivity index (χ3v) is 7.16. The van der Waals surface area contributed by atoms with Crippen LogP contribution >= 0.6 is 17.3 Å². The van der Waals surface area contributed by atoms with Gasteiger partial charge in [-0.3, -0.25) is 4.08 Å². The molecule has 0 bridgehead atoms. The molecule has 0 fully saturated rings. The van der Waals surface area contributed by atoms with Crippen molar-refractivity contribution in [1.82, 2.24) is 4.08 Å². The molecule has 2 atom stereocenters. The zero-order valence-electron chi connectivity index (χ0n) is 11.5. The molecule has 0 aromatic rings. The van der Waals surface area contributed by atoms with Crippen molar-refractivity contribution in [1.29, 1.82) is 0 Å². The lowest BCUT2D eigenvalue weighted by molar-refractivity contribution is 0.414. The van der Waals surface area contributed by atoms with E-state index in [4.69, 9.17) is 0 Å². The number of hydrogen-bond acceptors (Lipinski definition) is 2. The standard InChI is InChI=1S/C11H23NO2P2S/c1-10(2,3)8-7-17(13,14)12(16-15)9(8)11(4,5)6/h16H,7,15H2,1-6H3. The van der Waals surface area contributed by atoms with E-state index in [2.05, 4.69) is 50.5 Å². The summed E-state index contributed by atoms with van der Waals surface area (Å²) in [4.78, 5) is 0. The quantitative estimate of drug-likeness (QED) is 0.696. The van der Waals surface area contributed by atoms with E-state index >= 15 is 0 Å². The molecular weight excluding hydrogens is 272 g/mol. The van der Waals surface area contributed by atoms with Crippen LogP contribution in [0.25, 0.3) is 0 Å². The topological polar surface area (TPSA) is 37.4 Å². The molecule has 0 aliphatic carbocycles. The zero-order chi connectivity index (χ0) is 13.6. The third-order valence-electron chi connectivity index (χ3n) is 2.83. The molecule has 17 heavy (non-hydrogen) atoms. The van der Waals surface area contributed by atoms with Gasteiger partial charge in [0.15, 0.2) is 0 Å². The second kappa shape index (κ2) is 4.47. The van der Waals surface area contributed by atoms with E-state index in [-0.39, 0.29) is 25.0 Å². The first-order valence-corrected chi connectivity index (χ1v) is 10.0. The molecule has 6 heteroatoms. The molecule has 0 N–H and O–H groups in total. The Labute approximate surface area is 109 Å². The van der Waals surface area contributed by atoms with E-state index in [1.807, 2.05) is 0 Å². The Kier molecular flexibility index (Phi) is 4.05. The number of hydrogen-bond donors (Lipinski definition) is 0. The van der Waals surface area contributed by atoms with Crippen molar-refractivity contribution in [3.05, 3.63) is 11.3 Å². The van der Waals surface area contributed by atoms with E-state index in [0.29, 0.717) is 0 Å². The Bertz CT molecular complexity index is 441. The van der Waals surface area contributed by atoms with Gasteiger partial charge in [0, 0.05) is 19.5 Å². The fraction of sp³-hybridized carbons (Fsp3) is 0.818. The molecule has 0 spiro atoms. The summed E-state index contributed by atoms with van der Waals surface area (Å²) in [5.41, 5.74) is 1.79. The maximum Gasteiger partial charge on any atom is 0.241 e. The fourth-order valence-electron chi connectivity index (χ4n) is 2.05. The molecule has 0 saturated carbocycles. The lowest BCUT2D eigenvalue weighted by Gasteiger charge is -2.32. The summed E-state index contributed by atoms with van der Waals surface area (Å²) in [7, 11) is -0.420. The molecule has 0 aromatic heterocycles. The highest BCUT2D eigenvalue weighted by molar-refractivity contribution is 8.08. The zero-order valence-corrected chi connectivity index (χ0v) is 14.4. The average Bonchev–Trinajstić information content (AvgIpc) is 2.34. The summed E-state index contributed by atoms with van der Waals surface area (Å²) < 4.78 is 26.0. The highest BCUT2D eigenvalue weighted by Gasteiger charge is 2.43. The Morgan fingerprint density at radius 1 is 1.12 bits per heavy atom. The van der Waals surface area contributed by atoms with Gasteiger partial charge < -0.3 is 0 Å². The normalized spacial score (nSPS) is 21.9. The van der Waals surface area contributed by atoms with Crippen LogP contribution in [0.15, 0.2) is 11.3 Å². The molecular formula is C11H23NO2P2S. The number of rotatable bonds is 1. The van der Waals surface area contributed by atoms with Crippen LogP contribution in [0.2, 0.25) is 0 Å². The van der Waals surface area contributed by atoms with Crippen molar-refractivity contribution in [2.45, 2.75) is 41.5 Å². The van der Waals surface area contributed by atoms with Gasteiger partial charge in [-0.05, 0) is 11.0 Å². The van der Waals surface area contributed by atoms with E-state index < -0.39 is 10.0 Å². The first-order chi connectivity index (χ1) is 7.41. The van der Waals surface area contributed by atoms with Crippen molar-refractivity contribution < 1.29 is 8.42 Å². The first kappa shape index (κ1) is 15.4. The number of nitrogens with zero attached hydrogens (tertiary/aromatic N) is 1. The van der Waals surface area contributed by atoms with Crippen LogP contribution < -0.4 is 0 Å². The fourth-order valence-corrected chi connectivity index (χ4v) is 7.04. The molecule has 1 rings (SSSR count). The van der Waals surface area contributed by atoms with E-state index in [1.54, 1.807) is 4.08 Å². The minimum atomic E-state index is -3.15. The largest absolute Gasteiger partial charge is 0.252 e. The molecule has 1 aliphatic heterocycles. The van der Waals surface area contributed by atoms with Gasteiger partial charge in [0.1, 0.15) is 0 Å². The van der Waals surface area contributed by atoms with Crippen LogP contribution in [0, 0.1) is 10.8 Å². The van der Waals surface area contributed by atoms with Gasteiger partial charge in [-0.25, -0.2) is 8.42 Å². The van der Waals surface area contributed by atoms with Crippen LogP contribution in [0.4, 0.5) is 0 Å². The van der Waals surface area contributed by atoms with Gasteiger partial charge in [-0.1, -0.05) is 50.5 Å². The minimum absolute atomic E-state index is 0.102. The summed E-state index contributed by atoms with van der Waals surface area (Å²) >= 11 is 0. The summed E-state index contributed by atoms with van der Waals surface area (Å²) in [6.07, 6.45) is 0. The van der Waals surface area contributed by atoms with Crippen LogP contribution in [0.1, 0.15) is 41.5 Å². The lowest BCUT2D eigenvalue weighted by atomic mass is 9.79. The van der Waals surface area contributed by atoms with Gasteiger partial charge in [0.2, 0.25) is 10.0 Å². The lowest BCUT2D eigenvalue weighted by Crippen LogP contribution is -2.24. The monoisotopic (exact) mass is 295 g/mol. The van der Waals surface area contributed by atoms with E-state index in [0.717, 1.165) is 11.3 Å².